The SMILES string of the molecule is COC1=C(OC)C(O)(C#CCc2ccccc2)C1=O. The van der Waals surface area contributed by atoms with Gasteiger partial charge >= 0.3 is 0 Å². The van der Waals surface area contributed by atoms with Crippen molar-refractivity contribution in [3.63, 3.8) is 0 Å². The zero-order valence-corrected chi connectivity index (χ0v) is 10.8. The van der Waals surface area contributed by atoms with Crippen molar-refractivity contribution >= 4 is 5.78 Å². The fourth-order valence-corrected chi connectivity index (χ4v) is 1.88. The van der Waals surface area contributed by atoms with E-state index in [0.29, 0.717) is 6.42 Å². The van der Waals surface area contributed by atoms with Gasteiger partial charge in [-0.25, -0.2) is 0 Å². The van der Waals surface area contributed by atoms with Crippen molar-refractivity contribution in [2.24, 2.45) is 0 Å². The number of rotatable bonds is 3. The Balaban J connectivity index is 2.16. The fraction of sp³-hybridized carbons (Fsp3) is 0.267. The number of Topliss-reactive ketones (excluding diaryl/α,β-unsaturated/α-hetero) is 1. The smallest absolute Gasteiger partial charge is 0.254 e. The van der Waals surface area contributed by atoms with Gasteiger partial charge in [-0.15, -0.1) is 0 Å². The molecule has 0 fully saturated rings. The highest BCUT2D eigenvalue weighted by molar-refractivity contribution is 6.12. The number of carbonyl (C=O) groups excluding carboxylic acids is 1. The normalized spacial score (nSPS) is 21.3. The molecule has 1 unspecified atom stereocenters. The molecule has 19 heavy (non-hydrogen) atoms. The van der Waals surface area contributed by atoms with Gasteiger partial charge < -0.3 is 14.6 Å². The van der Waals surface area contributed by atoms with E-state index in [1.54, 1.807) is 0 Å². The van der Waals surface area contributed by atoms with Crippen molar-refractivity contribution in [2.75, 3.05) is 14.2 Å². The van der Waals surface area contributed by atoms with Crippen LogP contribution in [0.15, 0.2) is 41.9 Å². The van der Waals surface area contributed by atoms with E-state index in [9.17, 15) is 9.90 Å². The van der Waals surface area contributed by atoms with Gasteiger partial charge in [-0.3, -0.25) is 4.79 Å². The molecule has 4 nitrogen and oxygen atoms in total. The molecule has 1 aliphatic rings. The second kappa shape index (κ2) is 5.17. The van der Waals surface area contributed by atoms with Gasteiger partial charge in [0.1, 0.15) is 0 Å². The molecule has 0 aliphatic heterocycles. The van der Waals surface area contributed by atoms with Crippen molar-refractivity contribution in [3.8, 4) is 11.8 Å². The Hall–Kier alpha value is -2.25. The van der Waals surface area contributed by atoms with Gasteiger partial charge in [-0.05, 0) is 5.56 Å². The number of ketones is 1. The third-order valence-electron chi connectivity index (χ3n) is 2.88. The molecule has 1 N–H and O–H groups in total. The van der Waals surface area contributed by atoms with E-state index in [1.165, 1.54) is 14.2 Å². The monoisotopic (exact) mass is 258 g/mol. The second-order valence-electron chi connectivity index (χ2n) is 4.07. The average Bonchev–Trinajstić information content (AvgIpc) is 2.44. The summed E-state index contributed by atoms with van der Waals surface area (Å²) in [5.74, 6) is 4.88. The lowest BCUT2D eigenvalue weighted by molar-refractivity contribution is -0.138. The van der Waals surface area contributed by atoms with E-state index in [-0.39, 0.29) is 11.5 Å². The topological polar surface area (TPSA) is 55.8 Å². The van der Waals surface area contributed by atoms with Crippen LogP contribution in [-0.2, 0) is 20.7 Å². The molecule has 1 atom stereocenters. The van der Waals surface area contributed by atoms with Crippen molar-refractivity contribution < 1.29 is 19.4 Å². The summed E-state index contributed by atoms with van der Waals surface area (Å²) in [5.41, 5.74) is -0.852. The van der Waals surface area contributed by atoms with Crippen LogP contribution in [0.2, 0.25) is 0 Å². The Kier molecular flexibility index (Phi) is 3.59. The maximum absolute atomic E-state index is 11.7. The number of benzene rings is 1. The number of carbonyl (C=O) groups is 1. The summed E-state index contributed by atoms with van der Waals surface area (Å²) >= 11 is 0. The Morgan fingerprint density at radius 1 is 1.21 bits per heavy atom. The Morgan fingerprint density at radius 2 is 1.89 bits per heavy atom. The minimum absolute atomic E-state index is 0.0269. The van der Waals surface area contributed by atoms with Crippen LogP contribution >= 0.6 is 0 Å². The molecule has 0 saturated heterocycles. The van der Waals surface area contributed by atoms with Gasteiger partial charge in [0.05, 0.1) is 14.2 Å². The highest BCUT2D eigenvalue weighted by atomic mass is 16.5. The van der Waals surface area contributed by atoms with Gasteiger partial charge in [-0.1, -0.05) is 42.2 Å². The zero-order valence-electron chi connectivity index (χ0n) is 10.8. The molecule has 1 aromatic carbocycles. The van der Waals surface area contributed by atoms with Crippen LogP contribution in [0.3, 0.4) is 0 Å². The first-order valence-corrected chi connectivity index (χ1v) is 5.77. The minimum atomic E-state index is -1.87. The zero-order chi connectivity index (χ0) is 13.9. The van der Waals surface area contributed by atoms with Crippen LogP contribution in [-0.4, -0.2) is 30.7 Å². The standard InChI is InChI=1S/C15H14O4/c1-18-12-13(16)15(17,14(12)19-2)10-6-9-11-7-4-3-5-8-11/h3-5,7-8,17H,9H2,1-2H3. The summed E-state index contributed by atoms with van der Waals surface area (Å²) in [4.78, 5) is 11.7. The Bertz CT molecular complexity index is 577. The van der Waals surface area contributed by atoms with Crippen molar-refractivity contribution in [1.82, 2.24) is 0 Å². The third kappa shape index (κ3) is 2.20. The van der Waals surface area contributed by atoms with Crippen LogP contribution in [0.4, 0.5) is 0 Å². The van der Waals surface area contributed by atoms with Gasteiger partial charge in [0, 0.05) is 6.42 Å². The van der Waals surface area contributed by atoms with Crippen LogP contribution in [0.25, 0.3) is 0 Å². The van der Waals surface area contributed by atoms with Gasteiger partial charge in [-0.2, -0.15) is 0 Å². The molecule has 1 aliphatic carbocycles. The highest BCUT2D eigenvalue weighted by Crippen LogP contribution is 2.35. The van der Waals surface area contributed by atoms with E-state index in [1.807, 2.05) is 30.3 Å². The third-order valence-corrected chi connectivity index (χ3v) is 2.88. The molecule has 0 heterocycles. The predicted molar refractivity (Wildman–Crippen MR) is 68.9 cm³/mol. The first-order chi connectivity index (χ1) is 9.13. The van der Waals surface area contributed by atoms with Crippen LogP contribution in [0, 0.1) is 11.8 Å². The summed E-state index contributed by atoms with van der Waals surface area (Å²) in [6, 6.07) is 9.58. The van der Waals surface area contributed by atoms with E-state index in [2.05, 4.69) is 11.8 Å². The lowest BCUT2D eigenvalue weighted by Crippen LogP contribution is -2.51. The van der Waals surface area contributed by atoms with Crippen molar-refractivity contribution in [1.29, 1.82) is 0 Å². The molecular formula is C15H14O4. The molecular weight excluding hydrogens is 244 g/mol. The van der Waals surface area contributed by atoms with Gasteiger partial charge in [0.25, 0.3) is 11.4 Å². The summed E-state index contributed by atoms with van der Waals surface area (Å²) in [5, 5.41) is 10.1. The van der Waals surface area contributed by atoms with E-state index >= 15 is 0 Å². The number of hydrogen-bond donors (Lipinski definition) is 1. The molecule has 0 amide bonds. The Labute approximate surface area is 111 Å². The van der Waals surface area contributed by atoms with Crippen LogP contribution < -0.4 is 0 Å². The van der Waals surface area contributed by atoms with E-state index in [4.69, 9.17) is 9.47 Å². The van der Waals surface area contributed by atoms with Gasteiger partial charge in [0.15, 0.2) is 5.76 Å². The van der Waals surface area contributed by atoms with E-state index < -0.39 is 11.4 Å². The van der Waals surface area contributed by atoms with Crippen molar-refractivity contribution in [2.45, 2.75) is 12.0 Å². The lowest BCUT2D eigenvalue weighted by Gasteiger charge is -2.32. The maximum Gasteiger partial charge on any atom is 0.254 e. The number of aliphatic hydroxyl groups is 1. The molecule has 0 spiro atoms. The van der Waals surface area contributed by atoms with Gasteiger partial charge in [0.2, 0.25) is 5.76 Å². The van der Waals surface area contributed by atoms with Crippen LogP contribution in [0.1, 0.15) is 5.56 Å². The lowest BCUT2D eigenvalue weighted by atomic mass is 9.83. The minimum Gasteiger partial charge on any atom is -0.493 e. The summed E-state index contributed by atoms with van der Waals surface area (Å²) in [7, 11) is 2.72. The quantitative estimate of drug-likeness (QED) is 0.823. The first kappa shape index (κ1) is 13.2. The summed E-state index contributed by atoms with van der Waals surface area (Å²) in [6.07, 6.45) is 0.454. The molecule has 0 aromatic heterocycles. The molecule has 4 heteroatoms. The molecule has 0 saturated carbocycles. The van der Waals surface area contributed by atoms with Crippen molar-refractivity contribution in [3.05, 3.63) is 47.4 Å². The molecule has 1 aromatic rings. The molecule has 2 rings (SSSR count). The van der Waals surface area contributed by atoms with Crippen LogP contribution in [0.5, 0.6) is 0 Å². The average molecular weight is 258 g/mol. The Morgan fingerprint density at radius 3 is 2.47 bits per heavy atom. The first-order valence-electron chi connectivity index (χ1n) is 5.77. The largest absolute Gasteiger partial charge is 0.493 e. The molecule has 98 valence electrons. The van der Waals surface area contributed by atoms with E-state index in [0.717, 1.165) is 5.56 Å². The summed E-state index contributed by atoms with van der Waals surface area (Å²) < 4.78 is 9.80. The molecule has 0 radical (unpaired) electrons. The number of hydrogen-bond acceptors (Lipinski definition) is 4. The second-order valence-corrected chi connectivity index (χ2v) is 4.07. The predicted octanol–water partition coefficient (Wildman–Crippen LogP) is 1.05. The molecule has 0 bridgehead atoms. The fourth-order valence-electron chi connectivity index (χ4n) is 1.88. The highest BCUT2D eigenvalue weighted by Gasteiger charge is 2.55. The number of methoxy groups -OCH3 is 2. The maximum atomic E-state index is 11.7. The number of ether oxygens (including phenoxy) is 2. The summed E-state index contributed by atoms with van der Waals surface area (Å²) in [6.45, 7) is 0.